The third-order valence-corrected chi connectivity index (χ3v) is 4.19. The molecular weight excluding hydrogens is 222 g/mol. The maximum atomic E-state index is 11.1. The van der Waals surface area contributed by atoms with Crippen molar-refractivity contribution in [2.45, 2.75) is 41.5 Å². The zero-order valence-electron chi connectivity index (χ0n) is 11.4. The Kier molecular flexibility index (Phi) is 7.44. The molecule has 3 unspecified atom stereocenters. The Morgan fingerprint density at radius 2 is 1.25 bits per heavy atom. The summed E-state index contributed by atoms with van der Waals surface area (Å²) in [6, 6.07) is 0. The molecule has 0 rings (SSSR count). The van der Waals surface area contributed by atoms with Gasteiger partial charge in [-0.2, -0.15) is 0 Å². The van der Waals surface area contributed by atoms with E-state index in [0.717, 1.165) is 0 Å². The van der Waals surface area contributed by atoms with Crippen LogP contribution < -0.4 is 0 Å². The van der Waals surface area contributed by atoms with Gasteiger partial charge in [-0.1, -0.05) is 41.5 Å². The van der Waals surface area contributed by atoms with Gasteiger partial charge in [0.25, 0.3) is 0 Å². The maximum Gasteiger partial charge on any atom is 0.0209 e. The van der Waals surface area contributed by atoms with Crippen molar-refractivity contribution in [2.24, 2.45) is 23.7 Å². The van der Waals surface area contributed by atoms with Gasteiger partial charge in [0.05, 0.1) is 0 Å². The predicted molar refractivity (Wildman–Crippen MR) is 68.5 cm³/mol. The summed E-state index contributed by atoms with van der Waals surface area (Å²) in [7, 11) is 0. The highest BCUT2D eigenvalue weighted by atomic mass is 32.2. The monoisotopic (exact) mass is 248 g/mol. The van der Waals surface area contributed by atoms with E-state index in [-0.39, 0.29) is 0 Å². The number of nitrogens with zero attached hydrogens (tertiary/aromatic N) is 1. The summed E-state index contributed by atoms with van der Waals surface area (Å²) < 4.78 is 23.8. The topological polar surface area (TPSA) is 43.4 Å². The van der Waals surface area contributed by atoms with Crippen LogP contribution in [0.5, 0.6) is 0 Å². The summed E-state index contributed by atoms with van der Waals surface area (Å²) in [6.45, 7) is 14.0. The summed E-state index contributed by atoms with van der Waals surface area (Å²) >= 11 is -2.09. The molecule has 0 aromatic heterocycles. The van der Waals surface area contributed by atoms with Crippen LogP contribution >= 0.6 is 0 Å². The molecule has 0 spiro atoms. The van der Waals surface area contributed by atoms with E-state index in [1.165, 1.54) is 0 Å². The van der Waals surface area contributed by atoms with Crippen molar-refractivity contribution in [2.75, 3.05) is 13.1 Å². The van der Waals surface area contributed by atoms with Crippen LogP contribution in [-0.2, 0) is 11.3 Å². The van der Waals surface area contributed by atoms with E-state index in [1.54, 1.807) is 4.31 Å². The van der Waals surface area contributed by atoms with Crippen LogP contribution in [0, 0.1) is 23.7 Å². The van der Waals surface area contributed by atoms with Gasteiger partial charge in [0.2, 0.25) is 0 Å². The maximum absolute atomic E-state index is 11.1. The van der Waals surface area contributed by atoms with E-state index in [9.17, 15) is 8.76 Å². The molecule has 0 radical (unpaired) electrons. The lowest BCUT2D eigenvalue weighted by molar-refractivity contribution is 0.250. The second-order valence-electron chi connectivity index (χ2n) is 5.51. The molecular formula is C12H26NO2S-. The van der Waals surface area contributed by atoms with Crippen LogP contribution in [0.4, 0.5) is 0 Å². The van der Waals surface area contributed by atoms with Gasteiger partial charge in [0.15, 0.2) is 0 Å². The number of hydrogen-bond donors (Lipinski definition) is 0. The first-order valence-corrected chi connectivity index (χ1v) is 7.13. The third kappa shape index (κ3) is 5.97. The molecule has 4 heteroatoms. The van der Waals surface area contributed by atoms with Gasteiger partial charge in [-0.25, -0.2) is 4.31 Å². The van der Waals surface area contributed by atoms with Crippen molar-refractivity contribution in [3.8, 4) is 0 Å². The fourth-order valence-electron chi connectivity index (χ4n) is 1.26. The molecule has 0 N–H and O–H groups in total. The Morgan fingerprint density at radius 3 is 1.44 bits per heavy atom. The van der Waals surface area contributed by atoms with E-state index < -0.39 is 11.3 Å². The first-order valence-electron chi connectivity index (χ1n) is 6.10. The van der Waals surface area contributed by atoms with Crippen molar-refractivity contribution in [3.05, 3.63) is 0 Å². The largest absolute Gasteiger partial charge is 0.760 e. The highest BCUT2D eigenvalue weighted by molar-refractivity contribution is 7.76. The fraction of sp³-hybridized carbons (Fsp3) is 1.00. The molecule has 0 aliphatic rings. The lowest BCUT2D eigenvalue weighted by Gasteiger charge is -2.31. The molecule has 0 fully saturated rings. The first-order chi connectivity index (χ1) is 7.25. The van der Waals surface area contributed by atoms with Gasteiger partial charge >= 0.3 is 0 Å². The second kappa shape index (κ2) is 7.41. The van der Waals surface area contributed by atoms with Crippen molar-refractivity contribution < 1.29 is 8.76 Å². The van der Waals surface area contributed by atoms with Crippen LogP contribution in [0.25, 0.3) is 0 Å². The zero-order chi connectivity index (χ0) is 12.9. The molecule has 0 aliphatic heterocycles. The van der Waals surface area contributed by atoms with Gasteiger partial charge in [-0.3, -0.25) is 4.21 Å². The van der Waals surface area contributed by atoms with Crippen LogP contribution in [-0.4, -0.2) is 26.2 Å². The fourth-order valence-corrected chi connectivity index (χ4v) is 1.97. The van der Waals surface area contributed by atoms with E-state index in [2.05, 4.69) is 41.5 Å². The van der Waals surface area contributed by atoms with Gasteiger partial charge in [0, 0.05) is 24.4 Å². The molecule has 0 aromatic carbocycles. The summed E-state index contributed by atoms with van der Waals surface area (Å²) in [6.07, 6.45) is 0. The van der Waals surface area contributed by atoms with Crippen LogP contribution in [0.1, 0.15) is 41.5 Å². The summed E-state index contributed by atoms with van der Waals surface area (Å²) in [5.74, 6) is 1.83. The number of hydrogen-bond acceptors (Lipinski definition) is 2. The van der Waals surface area contributed by atoms with Crippen LogP contribution in [0.2, 0.25) is 0 Å². The van der Waals surface area contributed by atoms with Gasteiger partial charge < -0.3 is 4.55 Å². The Balaban J connectivity index is 4.34. The average Bonchev–Trinajstić information content (AvgIpc) is 2.15. The van der Waals surface area contributed by atoms with E-state index in [0.29, 0.717) is 36.8 Å². The SMILES string of the molecule is CC(C)C(C)CN(CC(C)C(C)C)S(=O)[O-]. The van der Waals surface area contributed by atoms with E-state index in [4.69, 9.17) is 0 Å². The van der Waals surface area contributed by atoms with Gasteiger partial charge in [-0.15, -0.1) is 0 Å². The number of rotatable bonds is 7. The lowest BCUT2D eigenvalue weighted by Crippen LogP contribution is -2.36. The Labute approximate surface area is 103 Å². The van der Waals surface area contributed by atoms with Crippen molar-refractivity contribution in [3.63, 3.8) is 0 Å². The molecule has 0 aliphatic carbocycles. The minimum atomic E-state index is -2.09. The standard InChI is InChI=1S/C12H27NO2S/c1-9(2)11(5)7-13(16(14)15)8-12(6)10(3)4/h9-12H,7-8H2,1-6H3,(H,14,15)/p-1. The molecule has 98 valence electrons. The summed E-state index contributed by atoms with van der Waals surface area (Å²) in [5.41, 5.74) is 0. The van der Waals surface area contributed by atoms with Gasteiger partial charge in [0.1, 0.15) is 0 Å². The Morgan fingerprint density at radius 1 is 0.938 bits per heavy atom. The molecule has 0 bridgehead atoms. The normalized spacial score (nSPS) is 18.1. The first kappa shape index (κ1) is 16.1. The van der Waals surface area contributed by atoms with Crippen molar-refractivity contribution in [1.82, 2.24) is 4.31 Å². The molecule has 0 aromatic rings. The molecule has 0 saturated carbocycles. The molecule has 0 amide bonds. The Hall–Kier alpha value is 0.0700. The third-order valence-electron chi connectivity index (χ3n) is 3.47. The lowest BCUT2D eigenvalue weighted by atomic mass is 9.96. The average molecular weight is 248 g/mol. The minimum Gasteiger partial charge on any atom is -0.760 e. The van der Waals surface area contributed by atoms with E-state index >= 15 is 0 Å². The van der Waals surface area contributed by atoms with Crippen molar-refractivity contribution >= 4 is 11.3 Å². The minimum absolute atomic E-state index is 0.400. The molecule has 0 heterocycles. The van der Waals surface area contributed by atoms with Crippen molar-refractivity contribution in [1.29, 1.82) is 0 Å². The van der Waals surface area contributed by atoms with Gasteiger partial charge in [-0.05, 0) is 23.7 Å². The molecule has 16 heavy (non-hydrogen) atoms. The van der Waals surface area contributed by atoms with Crippen LogP contribution in [0.3, 0.4) is 0 Å². The van der Waals surface area contributed by atoms with E-state index in [1.807, 2.05) is 0 Å². The highest BCUT2D eigenvalue weighted by Gasteiger charge is 2.17. The smallest absolute Gasteiger partial charge is 0.0209 e. The molecule has 3 nitrogen and oxygen atoms in total. The molecule has 3 atom stereocenters. The Bertz CT molecular complexity index is 203. The summed E-state index contributed by atoms with van der Waals surface area (Å²) in [5, 5.41) is 0. The second-order valence-corrected chi connectivity index (χ2v) is 6.46. The predicted octanol–water partition coefficient (Wildman–Crippen LogP) is 2.67. The molecule has 0 saturated heterocycles. The van der Waals surface area contributed by atoms with Crippen LogP contribution in [0.15, 0.2) is 0 Å². The quantitative estimate of drug-likeness (QED) is 0.650. The highest BCUT2D eigenvalue weighted by Crippen LogP contribution is 2.16. The zero-order valence-corrected chi connectivity index (χ0v) is 12.2. The summed E-state index contributed by atoms with van der Waals surface area (Å²) in [4.78, 5) is 0.